The zero-order chi connectivity index (χ0) is 17.6. The summed E-state index contributed by atoms with van der Waals surface area (Å²) < 4.78 is 0. The van der Waals surface area contributed by atoms with Crippen LogP contribution >= 0.6 is 0 Å². The predicted molar refractivity (Wildman–Crippen MR) is 108 cm³/mol. The topological polar surface area (TPSA) is 26.0 Å². The van der Waals surface area contributed by atoms with Gasteiger partial charge < -0.3 is 5.73 Å². The number of benzene rings is 3. The number of rotatable bonds is 6. The van der Waals surface area contributed by atoms with Gasteiger partial charge in [0.15, 0.2) is 0 Å². The highest BCUT2D eigenvalue weighted by atomic mass is 14.6. The maximum absolute atomic E-state index is 6.71. The monoisotopic (exact) mass is 329 g/mol. The summed E-state index contributed by atoms with van der Waals surface area (Å²) in [5.41, 5.74) is 12.8. The maximum Gasteiger partial charge on any atom is 0.0391 e. The molecule has 2 unspecified atom stereocenters. The third kappa shape index (κ3) is 3.61. The second-order valence-corrected chi connectivity index (χ2v) is 6.59. The molecular formula is C24H27N. The van der Waals surface area contributed by atoms with Crippen molar-refractivity contribution in [1.29, 1.82) is 0 Å². The summed E-state index contributed by atoms with van der Waals surface area (Å²) in [6.07, 6.45) is 2.08. The molecule has 0 bridgehead atoms. The van der Waals surface area contributed by atoms with Gasteiger partial charge in [-0.3, -0.25) is 0 Å². The average Bonchev–Trinajstić information content (AvgIpc) is 2.67. The van der Waals surface area contributed by atoms with E-state index in [1.54, 1.807) is 0 Å². The molecule has 0 aliphatic heterocycles. The first kappa shape index (κ1) is 17.3. The number of nitrogen functional groups attached to an aromatic ring is 1. The van der Waals surface area contributed by atoms with Crippen molar-refractivity contribution in [2.75, 3.05) is 5.73 Å². The Labute approximate surface area is 151 Å². The highest BCUT2D eigenvalue weighted by molar-refractivity contribution is 5.60. The molecule has 0 saturated heterocycles. The SMILES string of the molecule is CCC(c1ccccc1)c1cccc(C(CC)c2ccccc2)c1N. The Balaban J connectivity index is 2.05. The van der Waals surface area contributed by atoms with Crippen LogP contribution < -0.4 is 5.73 Å². The summed E-state index contributed by atoms with van der Waals surface area (Å²) >= 11 is 0. The van der Waals surface area contributed by atoms with E-state index in [4.69, 9.17) is 5.73 Å². The highest BCUT2D eigenvalue weighted by Crippen LogP contribution is 2.38. The number of nitrogens with two attached hydrogens (primary N) is 1. The lowest BCUT2D eigenvalue weighted by atomic mass is 9.82. The van der Waals surface area contributed by atoms with E-state index in [1.165, 1.54) is 22.3 Å². The lowest BCUT2D eigenvalue weighted by Gasteiger charge is -2.24. The molecule has 25 heavy (non-hydrogen) atoms. The van der Waals surface area contributed by atoms with Gasteiger partial charge in [-0.15, -0.1) is 0 Å². The maximum atomic E-state index is 6.71. The van der Waals surface area contributed by atoms with Crippen molar-refractivity contribution in [3.63, 3.8) is 0 Å². The number of para-hydroxylation sites is 1. The molecule has 1 nitrogen and oxygen atoms in total. The minimum Gasteiger partial charge on any atom is -0.398 e. The molecule has 1 heteroatoms. The summed E-state index contributed by atoms with van der Waals surface area (Å²) in [4.78, 5) is 0. The van der Waals surface area contributed by atoms with Crippen molar-refractivity contribution in [3.8, 4) is 0 Å². The summed E-state index contributed by atoms with van der Waals surface area (Å²) in [7, 11) is 0. The molecule has 2 N–H and O–H groups in total. The van der Waals surface area contributed by atoms with Crippen LogP contribution in [0, 0.1) is 0 Å². The molecule has 0 aliphatic carbocycles. The molecule has 3 aromatic rings. The van der Waals surface area contributed by atoms with Gasteiger partial charge in [-0.25, -0.2) is 0 Å². The van der Waals surface area contributed by atoms with E-state index in [0.29, 0.717) is 11.8 Å². The normalized spacial score (nSPS) is 13.4. The van der Waals surface area contributed by atoms with Gasteiger partial charge in [-0.2, -0.15) is 0 Å². The molecule has 0 saturated carbocycles. The first-order valence-corrected chi connectivity index (χ1v) is 9.24. The Morgan fingerprint density at radius 2 is 1.00 bits per heavy atom. The first-order valence-electron chi connectivity index (χ1n) is 9.24. The third-order valence-corrected chi connectivity index (χ3v) is 5.14. The van der Waals surface area contributed by atoms with Crippen molar-refractivity contribution in [1.82, 2.24) is 0 Å². The van der Waals surface area contributed by atoms with Crippen LogP contribution in [0.4, 0.5) is 5.69 Å². The lowest BCUT2D eigenvalue weighted by molar-refractivity contribution is 0.758. The van der Waals surface area contributed by atoms with Crippen LogP contribution in [0.1, 0.15) is 60.8 Å². The van der Waals surface area contributed by atoms with Gasteiger partial charge in [0.25, 0.3) is 0 Å². The van der Waals surface area contributed by atoms with Gasteiger partial charge in [-0.1, -0.05) is 92.7 Å². The Kier molecular flexibility index (Phi) is 5.55. The van der Waals surface area contributed by atoms with Crippen molar-refractivity contribution < 1.29 is 0 Å². The predicted octanol–water partition coefficient (Wildman–Crippen LogP) is 6.35. The zero-order valence-corrected chi connectivity index (χ0v) is 15.2. The largest absolute Gasteiger partial charge is 0.398 e. The van der Waals surface area contributed by atoms with Crippen molar-refractivity contribution >= 4 is 5.69 Å². The summed E-state index contributed by atoms with van der Waals surface area (Å²) in [6.45, 7) is 4.47. The molecule has 0 amide bonds. The summed E-state index contributed by atoms with van der Waals surface area (Å²) in [6, 6.07) is 27.9. The molecule has 0 radical (unpaired) electrons. The van der Waals surface area contributed by atoms with E-state index in [9.17, 15) is 0 Å². The van der Waals surface area contributed by atoms with Gasteiger partial charge in [0.05, 0.1) is 0 Å². The first-order chi connectivity index (χ1) is 12.3. The second kappa shape index (κ2) is 8.02. The number of hydrogen-bond donors (Lipinski definition) is 1. The minimum absolute atomic E-state index is 0.342. The van der Waals surface area contributed by atoms with Crippen LogP contribution in [0.3, 0.4) is 0 Å². The zero-order valence-electron chi connectivity index (χ0n) is 15.2. The fourth-order valence-corrected chi connectivity index (χ4v) is 3.85. The van der Waals surface area contributed by atoms with Gasteiger partial charge in [0, 0.05) is 17.5 Å². The van der Waals surface area contributed by atoms with Crippen LogP contribution in [0.15, 0.2) is 78.9 Å². The lowest BCUT2D eigenvalue weighted by Crippen LogP contribution is -2.09. The van der Waals surface area contributed by atoms with E-state index in [0.717, 1.165) is 18.5 Å². The fraction of sp³-hybridized carbons (Fsp3) is 0.250. The Morgan fingerprint density at radius 1 is 0.600 bits per heavy atom. The second-order valence-electron chi connectivity index (χ2n) is 6.59. The van der Waals surface area contributed by atoms with E-state index < -0.39 is 0 Å². The van der Waals surface area contributed by atoms with Crippen molar-refractivity contribution in [2.24, 2.45) is 0 Å². The molecule has 3 aromatic carbocycles. The van der Waals surface area contributed by atoms with Gasteiger partial charge in [0.1, 0.15) is 0 Å². The minimum atomic E-state index is 0.342. The molecule has 0 fully saturated rings. The average molecular weight is 329 g/mol. The molecule has 0 spiro atoms. The third-order valence-electron chi connectivity index (χ3n) is 5.14. The highest BCUT2D eigenvalue weighted by Gasteiger charge is 2.20. The molecule has 2 atom stereocenters. The Morgan fingerprint density at radius 3 is 1.36 bits per heavy atom. The molecule has 0 aromatic heterocycles. The van der Waals surface area contributed by atoms with Crippen molar-refractivity contribution in [3.05, 3.63) is 101 Å². The van der Waals surface area contributed by atoms with Crippen molar-refractivity contribution in [2.45, 2.75) is 38.5 Å². The fourth-order valence-electron chi connectivity index (χ4n) is 3.85. The Bertz CT molecular complexity index is 727. The van der Waals surface area contributed by atoms with Gasteiger partial charge in [-0.05, 0) is 35.1 Å². The van der Waals surface area contributed by atoms with Crippen LogP contribution in [-0.4, -0.2) is 0 Å². The number of anilines is 1. The van der Waals surface area contributed by atoms with E-state index in [1.807, 2.05) is 0 Å². The van der Waals surface area contributed by atoms with Crippen LogP contribution in [0.25, 0.3) is 0 Å². The van der Waals surface area contributed by atoms with Gasteiger partial charge in [0.2, 0.25) is 0 Å². The quantitative estimate of drug-likeness (QED) is 0.524. The van der Waals surface area contributed by atoms with Gasteiger partial charge >= 0.3 is 0 Å². The number of hydrogen-bond acceptors (Lipinski definition) is 1. The van der Waals surface area contributed by atoms with Crippen LogP contribution in [0.5, 0.6) is 0 Å². The van der Waals surface area contributed by atoms with E-state index >= 15 is 0 Å². The molecule has 128 valence electrons. The molecule has 3 rings (SSSR count). The molecule has 0 heterocycles. The molecule has 0 aliphatic rings. The smallest absolute Gasteiger partial charge is 0.0391 e. The molecular weight excluding hydrogens is 302 g/mol. The van der Waals surface area contributed by atoms with Crippen LogP contribution in [0.2, 0.25) is 0 Å². The van der Waals surface area contributed by atoms with E-state index in [2.05, 4.69) is 92.7 Å². The van der Waals surface area contributed by atoms with Crippen LogP contribution in [-0.2, 0) is 0 Å². The Hall–Kier alpha value is -2.54. The summed E-state index contributed by atoms with van der Waals surface area (Å²) in [5, 5.41) is 0. The van der Waals surface area contributed by atoms with E-state index in [-0.39, 0.29) is 0 Å². The standard InChI is InChI=1S/C24H27N/c1-3-20(18-12-7-5-8-13-18)22-16-11-17-23(24(22)25)21(4-2)19-14-9-6-10-15-19/h5-17,20-21H,3-4,25H2,1-2H3. The summed E-state index contributed by atoms with van der Waals surface area (Å²) in [5.74, 6) is 0.684.